The lowest BCUT2D eigenvalue weighted by Crippen LogP contribution is -2.44. The first kappa shape index (κ1) is 15.0. The van der Waals surface area contributed by atoms with Gasteiger partial charge in [0.05, 0.1) is 0 Å². The van der Waals surface area contributed by atoms with Gasteiger partial charge in [-0.05, 0) is 49.5 Å². The van der Waals surface area contributed by atoms with Crippen LogP contribution in [-0.4, -0.2) is 30.6 Å². The highest BCUT2D eigenvalue weighted by molar-refractivity contribution is 9.10. The Kier molecular flexibility index (Phi) is 5.86. The molecule has 0 radical (unpaired) electrons. The number of nitrogens with one attached hydrogen (secondary N) is 1. The van der Waals surface area contributed by atoms with E-state index in [2.05, 4.69) is 64.3 Å². The van der Waals surface area contributed by atoms with Crippen LogP contribution in [0.1, 0.15) is 32.3 Å². The average Bonchev–Trinajstić information content (AvgIpc) is 2.38. The van der Waals surface area contributed by atoms with Crippen LogP contribution in [0.4, 0.5) is 0 Å². The Morgan fingerprint density at radius 1 is 1.32 bits per heavy atom. The minimum Gasteiger partial charge on any atom is -0.317 e. The second-order valence-corrected chi connectivity index (χ2v) is 6.85. The molecule has 0 atom stereocenters. The zero-order valence-electron chi connectivity index (χ0n) is 12.0. The van der Waals surface area contributed by atoms with Gasteiger partial charge >= 0.3 is 0 Å². The second kappa shape index (κ2) is 7.41. The van der Waals surface area contributed by atoms with E-state index in [1.54, 1.807) is 0 Å². The Balaban J connectivity index is 2.04. The molecule has 1 saturated heterocycles. The van der Waals surface area contributed by atoms with E-state index in [0.717, 1.165) is 31.6 Å². The number of rotatable bonds is 5. The van der Waals surface area contributed by atoms with Gasteiger partial charge in [0.2, 0.25) is 0 Å². The SMILES string of the molecule is CC(C)CN(Cc1cccc(Br)c1)C1CCNCC1. The highest BCUT2D eigenvalue weighted by Gasteiger charge is 2.21. The van der Waals surface area contributed by atoms with E-state index in [-0.39, 0.29) is 0 Å². The van der Waals surface area contributed by atoms with Crippen molar-refractivity contribution in [3.05, 3.63) is 34.3 Å². The van der Waals surface area contributed by atoms with E-state index in [0.29, 0.717) is 0 Å². The fraction of sp³-hybridized carbons (Fsp3) is 0.625. The molecule has 1 N–H and O–H groups in total. The molecule has 0 amide bonds. The fourth-order valence-corrected chi connectivity index (χ4v) is 3.30. The van der Waals surface area contributed by atoms with Crippen LogP contribution in [0.15, 0.2) is 28.7 Å². The van der Waals surface area contributed by atoms with Crippen molar-refractivity contribution in [1.82, 2.24) is 10.2 Å². The maximum atomic E-state index is 3.57. The highest BCUT2D eigenvalue weighted by atomic mass is 79.9. The normalized spacial score (nSPS) is 17.3. The van der Waals surface area contributed by atoms with Gasteiger partial charge in [-0.2, -0.15) is 0 Å². The molecule has 1 fully saturated rings. The molecule has 3 heteroatoms. The van der Waals surface area contributed by atoms with Crippen LogP contribution >= 0.6 is 15.9 Å². The van der Waals surface area contributed by atoms with Crippen LogP contribution in [0.3, 0.4) is 0 Å². The number of hydrogen-bond donors (Lipinski definition) is 1. The van der Waals surface area contributed by atoms with Crippen LogP contribution in [-0.2, 0) is 6.54 Å². The summed E-state index contributed by atoms with van der Waals surface area (Å²) in [7, 11) is 0. The van der Waals surface area contributed by atoms with Crippen molar-refractivity contribution in [3.8, 4) is 0 Å². The third-order valence-electron chi connectivity index (χ3n) is 3.70. The van der Waals surface area contributed by atoms with Crippen LogP contribution in [0.25, 0.3) is 0 Å². The maximum Gasteiger partial charge on any atom is 0.0237 e. The van der Waals surface area contributed by atoms with Crippen LogP contribution in [0, 0.1) is 5.92 Å². The first-order valence-electron chi connectivity index (χ1n) is 7.34. The van der Waals surface area contributed by atoms with Gasteiger partial charge in [0.1, 0.15) is 0 Å². The lowest BCUT2D eigenvalue weighted by Gasteiger charge is -2.35. The third kappa shape index (κ3) is 4.90. The molecule has 1 aromatic rings. The predicted molar refractivity (Wildman–Crippen MR) is 85.3 cm³/mol. The lowest BCUT2D eigenvalue weighted by atomic mass is 10.0. The van der Waals surface area contributed by atoms with E-state index >= 15 is 0 Å². The molecule has 19 heavy (non-hydrogen) atoms. The molecule has 1 aliphatic rings. The summed E-state index contributed by atoms with van der Waals surface area (Å²) >= 11 is 3.57. The first-order valence-corrected chi connectivity index (χ1v) is 8.13. The van der Waals surface area contributed by atoms with Gasteiger partial charge < -0.3 is 5.32 Å². The maximum absolute atomic E-state index is 3.57. The molecular weight excluding hydrogens is 300 g/mol. The third-order valence-corrected chi connectivity index (χ3v) is 4.19. The average molecular weight is 325 g/mol. The van der Waals surface area contributed by atoms with Crippen molar-refractivity contribution in [3.63, 3.8) is 0 Å². The zero-order chi connectivity index (χ0) is 13.7. The standard InChI is InChI=1S/C16H25BrN2/c1-13(2)11-19(16-6-8-18-9-7-16)12-14-4-3-5-15(17)10-14/h3-5,10,13,16,18H,6-9,11-12H2,1-2H3. The minimum absolute atomic E-state index is 0.724. The molecule has 0 aromatic heterocycles. The van der Waals surface area contributed by atoms with Crippen LogP contribution in [0.2, 0.25) is 0 Å². The number of nitrogens with zero attached hydrogens (tertiary/aromatic N) is 1. The topological polar surface area (TPSA) is 15.3 Å². The number of piperidine rings is 1. The summed E-state index contributed by atoms with van der Waals surface area (Å²) < 4.78 is 1.18. The molecule has 0 saturated carbocycles. The quantitative estimate of drug-likeness (QED) is 0.889. The smallest absolute Gasteiger partial charge is 0.0237 e. The van der Waals surface area contributed by atoms with Crippen molar-refractivity contribution < 1.29 is 0 Å². The lowest BCUT2D eigenvalue weighted by molar-refractivity contribution is 0.137. The molecular formula is C16H25BrN2. The Morgan fingerprint density at radius 3 is 2.68 bits per heavy atom. The van der Waals surface area contributed by atoms with Crippen molar-refractivity contribution >= 4 is 15.9 Å². The fourth-order valence-electron chi connectivity index (χ4n) is 2.85. The van der Waals surface area contributed by atoms with E-state index in [1.807, 2.05) is 0 Å². The zero-order valence-corrected chi connectivity index (χ0v) is 13.6. The summed E-state index contributed by atoms with van der Waals surface area (Å²) in [6.07, 6.45) is 2.56. The van der Waals surface area contributed by atoms with Gasteiger partial charge in [-0.15, -0.1) is 0 Å². The Hall–Kier alpha value is -0.380. The molecule has 1 aromatic carbocycles. The summed E-state index contributed by atoms with van der Waals surface area (Å²) in [6.45, 7) is 9.22. The number of hydrogen-bond acceptors (Lipinski definition) is 2. The van der Waals surface area contributed by atoms with Crippen molar-refractivity contribution in [2.24, 2.45) is 5.92 Å². The summed E-state index contributed by atoms with van der Waals surface area (Å²) in [5.41, 5.74) is 1.41. The molecule has 2 nitrogen and oxygen atoms in total. The highest BCUT2D eigenvalue weighted by Crippen LogP contribution is 2.19. The molecule has 0 unspecified atom stereocenters. The van der Waals surface area contributed by atoms with E-state index in [9.17, 15) is 0 Å². The van der Waals surface area contributed by atoms with Gasteiger partial charge in [0.25, 0.3) is 0 Å². The second-order valence-electron chi connectivity index (χ2n) is 5.93. The Morgan fingerprint density at radius 2 is 2.05 bits per heavy atom. The van der Waals surface area contributed by atoms with E-state index < -0.39 is 0 Å². The van der Waals surface area contributed by atoms with E-state index in [1.165, 1.54) is 29.4 Å². The van der Waals surface area contributed by atoms with Crippen molar-refractivity contribution in [2.45, 2.75) is 39.3 Å². The summed E-state index contributed by atoms with van der Waals surface area (Å²) in [5.74, 6) is 0.724. The minimum atomic E-state index is 0.724. The molecule has 0 spiro atoms. The molecule has 1 heterocycles. The Bertz CT molecular complexity index is 386. The van der Waals surface area contributed by atoms with Gasteiger partial charge in [-0.25, -0.2) is 0 Å². The molecule has 0 bridgehead atoms. The van der Waals surface area contributed by atoms with Gasteiger partial charge in [-0.3, -0.25) is 4.90 Å². The van der Waals surface area contributed by atoms with E-state index in [4.69, 9.17) is 0 Å². The van der Waals surface area contributed by atoms with Crippen LogP contribution in [0.5, 0.6) is 0 Å². The molecule has 106 valence electrons. The summed E-state index contributed by atoms with van der Waals surface area (Å²) in [6, 6.07) is 9.45. The van der Waals surface area contributed by atoms with Crippen molar-refractivity contribution in [2.75, 3.05) is 19.6 Å². The summed E-state index contributed by atoms with van der Waals surface area (Å²) in [4.78, 5) is 2.67. The van der Waals surface area contributed by atoms with Crippen LogP contribution < -0.4 is 5.32 Å². The summed E-state index contributed by atoms with van der Waals surface area (Å²) in [5, 5.41) is 3.46. The molecule has 0 aliphatic carbocycles. The predicted octanol–water partition coefficient (Wildman–Crippen LogP) is 3.66. The Labute approximate surface area is 125 Å². The van der Waals surface area contributed by atoms with Crippen molar-refractivity contribution in [1.29, 1.82) is 0 Å². The molecule has 1 aliphatic heterocycles. The molecule has 2 rings (SSSR count). The monoisotopic (exact) mass is 324 g/mol. The first-order chi connectivity index (χ1) is 9.15. The number of halogens is 1. The van der Waals surface area contributed by atoms with Gasteiger partial charge in [-0.1, -0.05) is 41.9 Å². The van der Waals surface area contributed by atoms with Gasteiger partial charge in [0, 0.05) is 23.6 Å². The number of benzene rings is 1. The largest absolute Gasteiger partial charge is 0.317 e. The van der Waals surface area contributed by atoms with Gasteiger partial charge in [0.15, 0.2) is 0 Å².